The van der Waals surface area contributed by atoms with Crippen molar-refractivity contribution in [3.63, 3.8) is 0 Å². The van der Waals surface area contributed by atoms with E-state index in [0.29, 0.717) is 36.0 Å². The smallest absolute Gasteiger partial charge is 0.201 e. The van der Waals surface area contributed by atoms with Crippen LogP contribution in [0.25, 0.3) is 0 Å². The minimum absolute atomic E-state index is 0.0712. The van der Waals surface area contributed by atoms with Crippen LogP contribution in [-0.2, 0) is 6.42 Å². The Kier molecular flexibility index (Phi) is 3.00. The number of hydrogen-bond donors (Lipinski definition) is 1. The summed E-state index contributed by atoms with van der Waals surface area (Å²) in [6.45, 7) is 1.64. The first-order valence-corrected chi connectivity index (χ1v) is 5.42. The summed E-state index contributed by atoms with van der Waals surface area (Å²) in [5, 5.41) is 2.31. The van der Waals surface area contributed by atoms with Gasteiger partial charge < -0.3 is 5.32 Å². The summed E-state index contributed by atoms with van der Waals surface area (Å²) in [6.07, 6.45) is 1.79. The van der Waals surface area contributed by atoms with Crippen LogP contribution < -0.4 is 5.32 Å². The van der Waals surface area contributed by atoms with Crippen molar-refractivity contribution in [3.05, 3.63) is 28.6 Å². The molecular formula is C12H11BFNO2. The maximum absolute atomic E-state index is 13.6. The second kappa shape index (κ2) is 4.32. The molecule has 17 heavy (non-hydrogen) atoms. The van der Waals surface area contributed by atoms with Crippen molar-refractivity contribution >= 4 is 25.1 Å². The average Bonchev–Trinajstić information content (AvgIpc) is 2.24. The number of nitrogens with one attached hydrogen (secondary N) is 1. The number of anilines is 1. The van der Waals surface area contributed by atoms with Crippen molar-refractivity contribution in [2.45, 2.75) is 26.2 Å². The zero-order chi connectivity index (χ0) is 12.6. The van der Waals surface area contributed by atoms with E-state index < -0.39 is 11.6 Å². The van der Waals surface area contributed by atoms with Gasteiger partial charge in [-0.2, -0.15) is 0 Å². The van der Waals surface area contributed by atoms with Crippen molar-refractivity contribution < 1.29 is 14.0 Å². The lowest BCUT2D eigenvalue weighted by Crippen LogP contribution is -2.19. The summed E-state index contributed by atoms with van der Waals surface area (Å²) in [6, 6.07) is 1.15. The van der Waals surface area contributed by atoms with Crippen LogP contribution in [0.2, 0.25) is 0 Å². The van der Waals surface area contributed by atoms with Crippen LogP contribution in [0, 0.1) is 12.7 Å². The Labute approximate surface area is 99.8 Å². The molecule has 0 unspecified atom stereocenters. The molecule has 1 aromatic carbocycles. The predicted molar refractivity (Wildman–Crippen MR) is 63.2 cm³/mol. The van der Waals surface area contributed by atoms with Crippen LogP contribution in [0.3, 0.4) is 0 Å². The lowest BCUT2D eigenvalue weighted by molar-refractivity contribution is 0.0973. The minimum Gasteiger partial charge on any atom is -0.335 e. The lowest BCUT2D eigenvalue weighted by Gasteiger charge is -2.21. The third-order valence-corrected chi connectivity index (χ3v) is 3.02. The van der Waals surface area contributed by atoms with E-state index in [1.54, 1.807) is 6.92 Å². The molecule has 0 fully saturated rings. The van der Waals surface area contributed by atoms with E-state index >= 15 is 0 Å². The second-order valence-electron chi connectivity index (χ2n) is 4.15. The Balaban J connectivity index is 2.63. The molecule has 1 N–H and O–H groups in total. The van der Waals surface area contributed by atoms with Crippen LogP contribution in [0.4, 0.5) is 14.9 Å². The van der Waals surface area contributed by atoms with E-state index in [-0.39, 0.29) is 11.5 Å². The second-order valence-corrected chi connectivity index (χ2v) is 4.15. The molecule has 5 heteroatoms. The Hall–Kier alpha value is -1.65. The van der Waals surface area contributed by atoms with E-state index in [1.165, 1.54) is 0 Å². The van der Waals surface area contributed by atoms with Gasteiger partial charge in [-0.25, -0.2) is 4.39 Å². The summed E-state index contributed by atoms with van der Waals surface area (Å²) in [5.74, 6) is -1.30. The Bertz CT molecular complexity index is 514. The first kappa shape index (κ1) is 11.8. The first-order chi connectivity index (χ1) is 8.00. The fourth-order valence-corrected chi connectivity index (χ4v) is 2.21. The molecule has 1 aliphatic rings. The quantitative estimate of drug-likeness (QED) is 0.754. The molecule has 1 aromatic rings. The van der Waals surface area contributed by atoms with Crippen molar-refractivity contribution in [2.75, 3.05) is 5.32 Å². The Morgan fingerprint density at radius 2 is 2.18 bits per heavy atom. The average molecular weight is 231 g/mol. The molecule has 0 saturated heterocycles. The number of fused-ring (bicyclic) bond motifs is 1. The predicted octanol–water partition coefficient (Wildman–Crippen LogP) is 2.35. The molecule has 86 valence electrons. The molecule has 1 aliphatic carbocycles. The normalized spacial score (nSPS) is 14.4. The van der Waals surface area contributed by atoms with Gasteiger partial charge in [0.05, 0.1) is 5.69 Å². The van der Waals surface area contributed by atoms with Gasteiger partial charge in [0.1, 0.15) is 5.82 Å². The highest BCUT2D eigenvalue weighted by molar-refractivity contribution is 6.60. The highest BCUT2D eigenvalue weighted by atomic mass is 19.1. The van der Waals surface area contributed by atoms with E-state index in [0.717, 1.165) is 6.07 Å². The summed E-state index contributed by atoms with van der Waals surface area (Å²) < 4.78 is 13.6. The summed E-state index contributed by atoms with van der Waals surface area (Å²) >= 11 is 0. The van der Waals surface area contributed by atoms with Crippen molar-refractivity contribution in [1.82, 2.24) is 0 Å². The largest absolute Gasteiger partial charge is 0.335 e. The topological polar surface area (TPSA) is 46.2 Å². The van der Waals surface area contributed by atoms with Gasteiger partial charge in [-0.3, -0.25) is 9.59 Å². The number of hydrogen-bond acceptors (Lipinski definition) is 2. The molecule has 2 radical (unpaired) electrons. The van der Waals surface area contributed by atoms with Gasteiger partial charge in [-0.15, -0.1) is 0 Å². The molecule has 0 aliphatic heterocycles. The van der Waals surface area contributed by atoms with Gasteiger partial charge in [0.15, 0.2) is 11.6 Å². The molecule has 0 spiro atoms. The van der Waals surface area contributed by atoms with Crippen LogP contribution in [0.1, 0.15) is 34.3 Å². The van der Waals surface area contributed by atoms with Crippen LogP contribution in [0.15, 0.2) is 6.07 Å². The highest BCUT2D eigenvalue weighted by Gasteiger charge is 2.24. The molecular weight excluding hydrogens is 220 g/mol. The maximum atomic E-state index is 13.6. The Morgan fingerprint density at radius 1 is 1.47 bits per heavy atom. The fraction of sp³-hybridized carbons (Fsp3) is 0.333. The van der Waals surface area contributed by atoms with Gasteiger partial charge in [0.2, 0.25) is 7.85 Å². The number of amides is 1. The first-order valence-electron chi connectivity index (χ1n) is 5.42. The monoisotopic (exact) mass is 231 g/mol. The third-order valence-electron chi connectivity index (χ3n) is 3.02. The molecule has 0 atom stereocenters. The number of Topliss-reactive ketones (excluding diaryl/α,β-unsaturated/α-hetero) is 1. The van der Waals surface area contributed by atoms with Crippen molar-refractivity contribution in [2.24, 2.45) is 0 Å². The molecule has 0 heterocycles. The van der Waals surface area contributed by atoms with E-state index in [9.17, 15) is 14.0 Å². The fourth-order valence-electron chi connectivity index (χ4n) is 2.21. The standard InChI is InChI=1S/C12H11BFNO2/c1-6-7-3-2-4-10(16)11(7)9(5-8(6)14)15-12(13)17/h5H,2-4H2,1H3,(H,15,17). The van der Waals surface area contributed by atoms with Crippen molar-refractivity contribution in [1.29, 1.82) is 0 Å². The SMILES string of the molecule is [B]C(=O)Nc1cc(F)c(C)c2c1C(=O)CCC2. The highest BCUT2D eigenvalue weighted by Crippen LogP contribution is 2.32. The summed E-state index contributed by atoms with van der Waals surface area (Å²) in [5.41, 5.74) is 1.75. The van der Waals surface area contributed by atoms with Gasteiger partial charge in [0.25, 0.3) is 0 Å². The van der Waals surface area contributed by atoms with Crippen LogP contribution in [0.5, 0.6) is 0 Å². The number of carbonyl (C=O) groups excluding carboxylic acids is 2. The molecule has 2 rings (SSSR count). The van der Waals surface area contributed by atoms with Gasteiger partial charge in [0, 0.05) is 12.0 Å². The zero-order valence-corrected chi connectivity index (χ0v) is 9.47. The van der Waals surface area contributed by atoms with E-state index in [1.807, 2.05) is 0 Å². The van der Waals surface area contributed by atoms with Gasteiger partial charge in [-0.05, 0) is 37.0 Å². The maximum Gasteiger partial charge on any atom is 0.201 e. The molecule has 0 saturated carbocycles. The van der Waals surface area contributed by atoms with E-state index in [4.69, 9.17) is 7.85 Å². The van der Waals surface area contributed by atoms with Crippen molar-refractivity contribution in [3.8, 4) is 0 Å². The molecule has 3 nitrogen and oxygen atoms in total. The summed E-state index contributed by atoms with van der Waals surface area (Å²) in [4.78, 5) is 22.7. The van der Waals surface area contributed by atoms with E-state index in [2.05, 4.69) is 5.32 Å². The third kappa shape index (κ3) is 2.09. The van der Waals surface area contributed by atoms with Gasteiger partial charge >= 0.3 is 0 Å². The lowest BCUT2D eigenvalue weighted by atomic mass is 9.86. The van der Waals surface area contributed by atoms with Gasteiger partial charge in [-0.1, -0.05) is 0 Å². The number of halogens is 1. The minimum atomic E-state index is -0.797. The zero-order valence-electron chi connectivity index (χ0n) is 9.47. The van der Waals surface area contributed by atoms with Crippen LogP contribution in [-0.4, -0.2) is 19.4 Å². The number of ketones is 1. The number of rotatable bonds is 1. The molecule has 1 amide bonds. The number of carbonyl (C=O) groups is 2. The molecule has 0 aromatic heterocycles. The number of benzene rings is 1. The molecule has 0 bridgehead atoms. The Morgan fingerprint density at radius 3 is 2.82 bits per heavy atom. The summed E-state index contributed by atoms with van der Waals surface area (Å²) in [7, 11) is 5.01. The van der Waals surface area contributed by atoms with Crippen LogP contribution >= 0.6 is 0 Å².